The zero-order valence-electron chi connectivity index (χ0n) is 24.4. The Kier molecular flexibility index (Phi) is 9.81. The van der Waals surface area contributed by atoms with Crippen molar-refractivity contribution < 1.29 is 28.8 Å². The van der Waals surface area contributed by atoms with Crippen LogP contribution in [0.2, 0.25) is 0 Å². The molecule has 2 saturated heterocycles. The van der Waals surface area contributed by atoms with Crippen molar-refractivity contribution in [3.05, 3.63) is 120 Å². The number of benzene rings is 4. The number of nitrogens with one attached hydrogen (secondary N) is 2. The number of morpholine rings is 1. The molecule has 2 amide bonds. The quantitative estimate of drug-likeness (QED) is 0.203. The molecule has 228 valence electrons. The molecule has 0 bridgehead atoms. The van der Waals surface area contributed by atoms with Gasteiger partial charge in [-0.2, -0.15) is 0 Å². The van der Waals surface area contributed by atoms with Gasteiger partial charge in [0, 0.05) is 43.0 Å². The van der Waals surface area contributed by atoms with E-state index >= 15 is 0 Å². The van der Waals surface area contributed by atoms with Crippen LogP contribution in [0, 0.1) is 0 Å². The summed E-state index contributed by atoms with van der Waals surface area (Å²) in [6.07, 6.45) is -0.134. The van der Waals surface area contributed by atoms with Gasteiger partial charge in [0.05, 0.1) is 32.0 Å². The van der Waals surface area contributed by atoms with E-state index in [1.165, 1.54) is 0 Å². The lowest BCUT2D eigenvalue weighted by molar-refractivity contribution is -0.253. The number of hydrogen-bond acceptors (Lipinski definition) is 7. The predicted molar refractivity (Wildman–Crippen MR) is 168 cm³/mol. The van der Waals surface area contributed by atoms with Crippen molar-refractivity contribution in [2.75, 3.05) is 43.5 Å². The van der Waals surface area contributed by atoms with Crippen molar-refractivity contribution in [3.8, 4) is 11.5 Å². The summed E-state index contributed by atoms with van der Waals surface area (Å²) in [4.78, 5) is 15.2. The number of aliphatic hydroxyl groups excluding tert-OH is 1. The van der Waals surface area contributed by atoms with Gasteiger partial charge >= 0.3 is 6.03 Å². The Morgan fingerprint density at radius 2 is 1.52 bits per heavy atom. The Bertz CT molecular complexity index is 1490. The average Bonchev–Trinajstić information content (AvgIpc) is 3.06. The summed E-state index contributed by atoms with van der Waals surface area (Å²) < 4.78 is 24.3. The van der Waals surface area contributed by atoms with Crippen LogP contribution < -0.4 is 15.4 Å². The number of carbonyl (C=O) groups excluding carboxylic acids is 1. The van der Waals surface area contributed by atoms with Crippen molar-refractivity contribution in [1.82, 2.24) is 4.90 Å². The smallest absolute Gasteiger partial charge is 0.323 e. The van der Waals surface area contributed by atoms with Gasteiger partial charge in [0.2, 0.25) is 0 Å². The van der Waals surface area contributed by atoms with E-state index in [0.717, 1.165) is 55.3 Å². The largest absolute Gasteiger partial charge is 0.457 e. The molecule has 6 rings (SSSR count). The maximum absolute atomic E-state index is 12.9. The zero-order chi connectivity index (χ0) is 30.1. The predicted octanol–water partition coefficient (Wildman–Crippen LogP) is 6.49. The molecule has 9 nitrogen and oxygen atoms in total. The van der Waals surface area contributed by atoms with Crippen molar-refractivity contribution in [2.45, 2.75) is 31.5 Å². The molecule has 2 aliphatic rings. The molecule has 4 aromatic carbocycles. The Labute approximate surface area is 257 Å². The molecule has 2 aliphatic heterocycles. The van der Waals surface area contributed by atoms with Crippen LogP contribution in [0.25, 0.3) is 0 Å². The fourth-order valence-electron chi connectivity index (χ4n) is 5.39. The summed E-state index contributed by atoms with van der Waals surface area (Å²) in [5.41, 5.74) is 3.97. The summed E-state index contributed by atoms with van der Waals surface area (Å²) in [6.45, 7) is 3.97. The topological polar surface area (TPSA) is 102 Å². The van der Waals surface area contributed by atoms with Crippen LogP contribution in [0.3, 0.4) is 0 Å². The van der Waals surface area contributed by atoms with Crippen LogP contribution in [-0.4, -0.2) is 55.0 Å². The second-order valence-corrected chi connectivity index (χ2v) is 10.9. The Morgan fingerprint density at radius 1 is 0.795 bits per heavy atom. The lowest BCUT2D eigenvalue weighted by atomic mass is 9.99. The Balaban J connectivity index is 1.11. The highest BCUT2D eigenvalue weighted by atomic mass is 16.7. The molecule has 0 radical (unpaired) electrons. The molecule has 0 spiro atoms. The van der Waals surface area contributed by atoms with Crippen LogP contribution >= 0.6 is 0 Å². The second kappa shape index (κ2) is 14.5. The highest BCUT2D eigenvalue weighted by Crippen LogP contribution is 2.38. The molecule has 9 heteroatoms. The van der Waals surface area contributed by atoms with Gasteiger partial charge in [0.25, 0.3) is 0 Å². The van der Waals surface area contributed by atoms with Crippen LogP contribution in [-0.2, 0) is 20.8 Å². The van der Waals surface area contributed by atoms with Gasteiger partial charge in [0.15, 0.2) is 6.29 Å². The molecule has 3 atom stereocenters. The molecule has 0 aromatic heterocycles. The van der Waals surface area contributed by atoms with Crippen LogP contribution in [0.4, 0.5) is 16.2 Å². The molecule has 2 fully saturated rings. The van der Waals surface area contributed by atoms with Crippen LogP contribution in [0.5, 0.6) is 11.5 Å². The van der Waals surface area contributed by atoms with Crippen molar-refractivity contribution >= 4 is 17.4 Å². The number of anilines is 2. The molecular formula is C35H37N3O6. The lowest BCUT2D eigenvalue weighted by Crippen LogP contribution is -2.44. The number of ether oxygens (including phenoxy) is 4. The van der Waals surface area contributed by atoms with Crippen molar-refractivity contribution in [3.63, 3.8) is 0 Å². The van der Waals surface area contributed by atoms with Gasteiger partial charge in [-0.05, 0) is 59.7 Å². The van der Waals surface area contributed by atoms with E-state index in [1.807, 2.05) is 91.0 Å². The fraction of sp³-hybridized carbons (Fsp3) is 0.286. The highest BCUT2D eigenvalue weighted by molar-refractivity contribution is 5.99. The number of aliphatic hydroxyl groups is 1. The lowest BCUT2D eigenvalue weighted by Gasteiger charge is -2.39. The number of urea groups is 1. The average molecular weight is 596 g/mol. The summed E-state index contributed by atoms with van der Waals surface area (Å²) in [6, 6.07) is 31.8. The van der Waals surface area contributed by atoms with Gasteiger partial charge in [-0.1, -0.05) is 54.6 Å². The van der Waals surface area contributed by atoms with E-state index in [-0.39, 0.29) is 24.8 Å². The molecule has 44 heavy (non-hydrogen) atoms. The van der Waals surface area contributed by atoms with E-state index in [4.69, 9.17) is 18.9 Å². The normalized spacial score (nSPS) is 20.5. The van der Waals surface area contributed by atoms with E-state index < -0.39 is 6.29 Å². The SMILES string of the molecule is O=C(Nc1ccc(Oc2ccccc2)cc1)Nc1cccc(C2OC(CN3CCOCC3)CC(c3ccc(CO)cc3)O2)c1. The number of nitrogens with zero attached hydrogens (tertiary/aromatic N) is 1. The second-order valence-electron chi connectivity index (χ2n) is 10.9. The minimum absolute atomic E-state index is 0.00144. The molecule has 3 unspecified atom stereocenters. The number of carbonyl (C=O) groups is 1. The first-order valence-electron chi connectivity index (χ1n) is 14.9. The molecule has 4 aromatic rings. The first-order valence-corrected chi connectivity index (χ1v) is 14.9. The number of hydrogen-bond donors (Lipinski definition) is 3. The molecule has 3 N–H and O–H groups in total. The van der Waals surface area contributed by atoms with Gasteiger partial charge in [-0.25, -0.2) is 4.79 Å². The first kappa shape index (κ1) is 29.8. The fourth-order valence-corrected chi connectivity index (χ4v) is 5.39. The molecule has 2 heterocycles. The van der Waals surface area contributed by atoms with Gasteiger partial charge < -0.3 is 34.7 Å². The zero-order valence-corrected chi connectivity index (χ0v) is 24.4. The van der Waals surface area contributed by atoms with Crippen LogP contribution in [0.1, 0.15) is 35.5 Å². The van der Waals surface area contributed by atoms with Crippen molar-refractivity contribution in [1.29, 1.82) is 0 Å². The summed E-state index contributed by atoms with van der Waals surface area (Å²) in [5, 5.41) is 15.3. The van der Waals surface area contributed by atoms with E-state index in [2.05, 4.69) is 15.5 Å². The monoisotopic (exact) mass is 595 g/mol. The number of amides is 2. The minimum atomic E-state index is -0.612. The van der Waals surface area contributed by atoms with E-state index in [0.29, 0.717) is 23.5 Å². The summed E-state index contributed by atoms with van der Waals surface area (Å²) in [7, 11) is 0. The standard InChI is InChI=1S/C35H37N3O6/c39-24-25-9-11-26(12-10-25)33-22-32(23-38-17-19-41-20-18-38)43-34(44-33)27-5-4-6-29(21-27)37-35(40)36-28-13-15-31(16-14-28)42-30-7-2-1-3-8-30/h1-16,21,32-34,39H,17-20,22-24H2,(H2,36,37,40). The number of para-hydroxylation sites is 1. The summed E-state index contributed by atoms with van der Waals surface area (Å²) in [5.74, 6) is 1.42. The maximum Gasteiger partial charge on any atom is 0.323 e. The highest BCUT2D eigenvalue weighted by Gasteiger charge is 2.33. The molecule has 0 saturated carbocycles. The third kappa shape index (κ3) is 8.02. The Hall–Kier alpha value is -4.25. The minimum Gasteiger partial charge on any atom is -0.457 e. The van der Waals surface area contributed by atoms with Gasteiger partial charge in [0.1, 0.15) is 11.5 Å². The maximum atomic E-state index is 12.9. The van der Waals surface area contributed by atoms with E-state index in [1.54, 1.807) is 12.1 Å². The number of rotatable bonds is 9. The first-order chi connectivity index (χ1) is 21.6. The van der Waals surface area contributed by atoms with Gasteiger partial charge in [-0.3, -0.25) is 4.90 Å². The van der Waals surface area contributed by atoms with Crippen LogP contribution in [0.15, 0.2) is 103 Å². The van der Waals surface area contributed by atoms with Gasteiger partial charge in [-0.15, -0.1) is 0 Å². The van der Waals surface area contributed by atoms with E-state index in [9.17, 15) is 9.90 Å². The molecule has 0 aliphatic carbocycles. The third-order valence-electron chi connectivity index (χ3n) is 7.69. The molecular weight excluding hydrogens is 558 g/mol. The van der Waals surface area contributed by atoms with Crippen molar-refractivity contribution in [2.24, 2.45) is 0 Å². The third-order valence-corrected chi connectivity index (χ3v) is 7.69. The summed E-state index contributed by atoms with van der Waals surface area (Å²) >= 11 is 0. The Morgan fingerprint density at radius 3 is 2.27 bits per heavy atom.